The number of amides is 1. The van der Waals surface area contributed by atoms with Crippen LogP contribution in [0.25, 0.3) is 0 Å². The topological polar surface area (TPSA) is 42.2 Å². The number of nitrogens with one attached hydrogen (secondary N) is 1. The molecule has 0 aliphatic rings. The van der Waals surface area contributed by atoms with Crippen LogP contribution in [0.4, 0.5) is 0 Å². The minimum Gasteiger partial charge on any atom is -0.456 e. The molecule has 0 spiro atoms. The summed E-state index contributed by atoms with van der Waals surface area (Å²) in [6.45, 7) is 5.63. The maximum absolute atomic E-state index is 11.6. The number of halogens is 1. The average molecular weight is 230 g/mol. The van der Waals surface area contributed by atoms with E-state index < -0.39 is 0 Å². The van der Waals surface area contributed by atoms with Gasteiger partial charge in [-0.05, 0) is 39.3 Å². The van der Waals surface area contributed by atoms with Gasteiger partial charge in [-0.1, -0.05) is 0 Å². The Morgan fingerprint density at radius 1 is 1.53 bits per heavy atom. The van der Waals surface area contributed by atoms with Crippen LogP contribution in [0.3, 0.4) is 0 Å². The molecule has 0 radical (unpaired) electrons. The Labute approximate surface area is 94.8 Å². The molecule has 0 saturated carbocycles. The number of hydrogen-bond acceptors (Lipinski definition) is 2. The monoisotopic (exact) mass is 229 g/mol. The maximum Gasteiger partial charge on any atom is 0.287 e. The predicted molar refractivity (Wildman–Crippen MR) is 60.3 cm³/mol. The molecule has 0 aliphatic heterocycles. The summed E-state index contributed by atoms with van der Waals surface area (Å²) in [6, 6.07) is 3.49. The first-order chi connectivity index (χ1) is 6.99. The van der Waals surface area contributed by atoms with Crippen molar-refractivity contribution >= 4 is 17.5 Å². The van der Waals surface area contributed by atoms with Crippen molar-refractivity contribution in [3.8, 4) is 0 Å². The van der Waals surface area contributed by atoms with Gasteiger partial charge >= 0.3 is 0 Å². The quantitative estimate of drug-likeness (QED) is 0.807. The molecule has 1 aromatic heterocycles. The molecule has 3 nitrogen and oxygen atoms in total. The Bertz CT molecular complexity index is 333. The van der Waals surface area contributed by atoms with E-state index in [1.54, 1.807) is 19.1 Å². The van der Waals surface area contributed by atoms with Gasteiger partial charge in [0.15, 0.2) is 5.76 Å². The molecule has 84 valence electrons. The van der Waals surface area contributed by atoms with Crippen molar-refractivity contribution in [3.05, 3.63) is 23.7 Å². The number of carbonyl (C=O) groups is 1. The standard InChI is InChI=1S/C11H16ClNO2/c1-7(12)6-8(2)13-11(14)10-5-4-9(3)15-10/h4-5,7-8H,6H2,1-3H3,(H,13,14). The van der Waals surface area contributed by atoms with Gasteiger partial charge in [0.05, 0.1) is 0 Å². The molecule has 1 rings (SSSR count). The van der Waals surface area contributed by atoms with Crippen molar-refractivity contribution in [3.63, 3.8) is 0 Å². The predicted octanol–water partition coefficient (Wildman–Crippen LogP) is 2.72. The maximum atomic E-state index is 11.6. The minimum absolute atomic E-state index is 0.0513. The van der Waals surface area contributed by atoms with Gasteiger partial charge in [-0.15, -0.1) is 11.6 Å². The second kappa shape index (κ2) is 5.21. The highest BCUT2D eigenvalue weighted by molar-refractivity contribution is 6.20. The van der Waals surface area contributed by atoms with Gasteiger partial charge < -0.3 is 9.73 Å². The highest BCUT2D eigenvalue weighted by Crippen LogP contribution is 2.08. The fraction of sp³-hybridized carbons (Fsp3) is 0.545. The van der Waals surface area contributed by atoms with E-state index in [0.717, 1.165) is 12.2 Å². The summed E-state index contributed by atoms with van der Waals surface area (Å²) >= 11 is 5.83. The molecule has 0 bridgehead atoms. The van der Waals surface area contributed by atoms with E-state index in [1.165, 1.54) is 0 Å². The Morgan fingerprint density at radius 3 is 2.67 bits per heavy atom. The van der Waals surface area contributed by atoms with Crippen molar-refractivity contribution in [1.29, 1.82) is 0 Å². The first-order valence-electron chi connectivity index (χ1n) is 5.00. The Hall–Kier alpha value is -0.960. The van der Waals surface area contributed by atoms with E-state index in [9.17, 15) is 4.79 Å². The lowest BCUT2D eigenvalue weighted by atomic mass is 10.2. The summed E-state index contributed by atoms with van der Waals surface area (Å²) in [7, 11) is 0. The van der Waals surface area contributed by atoms with Crippen LogP contribution in [0.15, 0.2) is 16.5 Å². The third kappa shape index (κ3) is 3.96. The Kier molecular flexibility index (Phi) is 4.21. The SMILES string of the molecule is Cc1ccc(C(=O)NC(C)CC(C)Cl)o1. The molecule has 1 amide bonds. The molecule has 0 saturated heterocycles. The second-order valence-corrected chi connectivity index (χ2v) is 4.55. The first-order valence-corrected chi connectivity index (χ1v) is 5.44. The van der Waals surface area contributed by atoms with Gasteiger partial charge in [-0.3, -0.25) is 4.79 Å². The van der Waals surface area contributed by atoms with Gasteiger partial charge in [0.2, 0.25) is 0 Å². The molecule has 1 N–H and O–H groups in total. The highest BCUT2D eigenvalue weighted by atomic mass is 35.5. The molecule has 4 heteroatoms. The van der Waals surface area contributed by atoms with E-state index in [-0.39, 0.29) is 17.3 Å². The molecule has 2 atom stereocenters. The Morgan fingerprint density at radius 2 is 2.20 bits per heavy atom. The lowest BCUT2D eigenvalue weighted by Crippen LogP contribution is -2.33. The minimum atomic E-state index is -0.187. The van der Waals surface area contributed by atoms with Crippen molar-refractivity contribution in [2.24, 2.45) is 0 Å². The molecule has 1 aromatic rings. The van der Waals surface area contributed by atoms with Crippen molar-refractivity contribution in [1.82, 2.24) is 5.32 Å². The van der Waals surface area contributed by atoms with Crippen molar-refractivity contribution in [2.75, 3.05) is 0 Å². The largest absolute Gasteiger partial charge is 0.456 e. The van der Waals surface area contributed by atoms with Crippen LogP contribution in [0.2, 0.25) is 0 Å². The van der Waals surface area contributed by atoms with Gasteiger partial charge in [-0.25, -0.2) is 0 Å². The molecule has 0 aliphatic carbocycles. The summed E-state index contributed by atoms with van der Waals surface area (Å²) in [5.74, 6) is 0.896. The molecule has 0 fully saturated rings. The number of rotatable bonds is 4. The molecule has 0 aromatic carbocycles. The van der Waals surface area contributed by atoms with Crippen LogP contribution >= 0.6 is 11.6 Å². The molecular formula is C11H16ClNO2. The van der Waals surface area contributed by atoms with Crippen molar-refractivity contribution < 1.29 is 9.21 Å². The van der Waals surface area contributed by atoms with E-state index in [4.69, 9.17) is 16.0 Å². The Balaban J connectivity index is 2.49. The molecular weight excluding hydrogens is 214 g/mol. The van der Waals surface area contributed by atoms with Crippen LogP contribution in [0, 0.1) is 6.92 Å². The fourth-order valence-corrected chi connectivity index (χ4v) is 1.66. The van der Waals surface area contributed by atoms with Crippen LogP contribution in [0.1, 0.15) is 36.6 Å². The van der Waals surface area contributed by atoms with Gasteiger partial charge in [0.1, 0.15) is 5.76 Å². The number of carbonyl (C=O) groups excluding carboxylic acids is 1. The van der Waals surface area contributed by atoms with Crippen LogP contribution in [-0.2, 0) is 0 Å². The lowest BCUT2D eigenvalue weighted by Gasteiger charge is -2.13. The number of aryl methyl sites for hydroxylation is 1. The zero-order valence-corrected chi connectivity index (χ0v) is 9.97. The van der Waals surface area contributed by atoms with Gasteiger partial charge in [0.25, 0.3) is 5.91 Å². The number of hydrogen-bond donors (Lipinski definition) is 1. The normalized spacial score (nSPS) is 14.7. The van der Waals surface area contributed by atoms with Crippen molar-refractivity contribution in [2.45, 2.75) is 38.6 Å². The lowest BCUT2D eigenvalue weighted by molar-refractivity contribution is 0.0909. The van der Waals surface area contributed by atoms with Gasteiger partial charge in [-0.2, -0.15) is 0 Å². The van der Waals surface area contributed by atoms with E-state index in [0.29, 0.717) is 5.76 Å². The zero-order chi connectivity index (χ0) is 11.4. The summed E-state index contributed by atoms with van der Waals surface area (Å²) in [4.78, 5) is 11.6. The van der Waals surface area contributed by atoms with Crippen LogP contribution in [-0.4, -0.2) is 17.3 Å². The number of furan rings is 1. The van der Waals surface area contributed by atoms with E-state index >= 15 is 0 Å². The summed E-state index contributed by atoms with van der Waals surface area (Å²) < 4.78 is 5.21. The van der Waals surface area contributed by atoms with Crippen LogP contribution < -0.4 is 5.32 Å². The summed E-state index contributed by atoms with van der Waals surface area (Å²) in [6.07, 6.45) is 0.743. The third-order valence-corrected chi connectivity index (χ3v) is 2.20. The smallest absolute Gasteiger partial charge is 0.287 e. The first kappa shape index (κ1) is 12.1. The molecule has 15 heavy (non-hydrogen) atoms. The van der Waals surface area contributed by atoms with E-state index in [1.807, 2.05) is 13.8 Å². The zero-order valence-electron chi connectivity index (χ0n) is 9.21. The second-order valence-electron chi connectivity index (χ2n) is 3.80. The van der Waals surface area contributed by atoms with Crippen LogP contribution in [0.5, 0.6) is 0 Å². The summed E-state index contributed by atoms with van der Waals surface area (Å²) in [5.41, 5.74) is 0. The van der Waals surface area contributed by atoms with E-state index in [2.05, 4.69) is 5.32 Å². The molecule has 2 unspecified atom stereocenters. The third-order valence-electron chi connectivity index (χ3n) is 2.02. The molecule has 1 heterocycles. The average Bonchev–Trinajstić information content (AvgIpc) is 2.49. The number of alkyl halides is 1. The highest BCUT2D eigenvalue weighted by Gasteiger charge is 2.14. The fourth-order valence-electron chi connectivity index (χ4n) is 1.40. The summed E-state index contributed by atoms with van der Waals surface area (Å²) in [5, 5.41) is 2.88. The van der Waals surface area contributed by atoms with Gasteiger partial charge in [0, 0.05) is 11.4 Å².